The minimum absolute atomic E-state index is 0.0302. The number of carbonyl (C=O) groups is 1. The zero-order valence-electron chi connectivity index (χ0n) is 17.8. The van der Waals surface area contributed by atoms with E-state index in [9.17, 15) is 26.4 Å². The molecule has 2 fully saturated rings. The van der Waals surface area contributed by atoms with Gasteiger partial charge in [0.05, 0.1) is 35.7 Å². The molecule has 1 aliphatic carbocycles. The van der Waals surface area contributed by atoms with E-state index in [0.717, 1.165) is 29.7 Å². The Bertz CT molecular complexity index is 1310. The fourth-order valence-corrected chi connectivity index (χ4v) is 4.95. The third-order valence-corrected chi connectivity index (χ3v) is 6.83. The minimum atomic E-state index is -4.77. The Morgan fingerprint density at radius 2 is 1.76 bits per heavy atom. The number of hydrogen-bond acceptors (Lipinski definition) is 6. The number of anilines is 2. The molecule has 34 heavy (non-hydrogen) atoms. The van der Waals surface area contributed by atoms with Gasteiger partial charge in [0.1, 0.15) is 5.54 Å². The zero-order valence-corrected chi connectivity index (χ0v) is 19.4. The van der Waals surface area contributed by atoms with Crippen molar-refractivity contribution in [3.8, 4) is 6.07 Å². The van der Waals surface area contributed by atoms with Gasteiger partial charge in [-0.25, -0.2) is 0 Å². The second kappa shape index (κ2) is 8.33. The molecule has 0 radical (unpaired) electrons. The predicted molar refractivity (Wildman–Crippen MR) is 121 cm³/mol. The largest absolute Gasteiger partial charge is 0.417 e. The molecule has 12 heteroatoms. The smallest absolute Gasteiger partial charge is 0.303 e. The average Bonchev–Trinajstić information content (AvgIpc) is 2.98. The van der Waals surface area contributed by atoms with Crippen molar-refractivity contribution in [2.75, 3.05) is 16.1 Å². The molecular formula is C22H18F3N3O4S2. The normalized spacial score (nSPS) is 17.7. The summed E-state index contributed by atoms with van der Waals surface area (Å²) in [6, 6.07) is 11.2. The molecule has 1 heterocycles. The van der Waals surface area contributed by atoms with E-state index in [4.69, 9.17) is 21.7 Å². The average molecular weight is 510 g/mol. The molecule has 1 spiro atoms. The number of benzene rings is 2. The molecule has 1 aliphatic heterocycles. The summed E-state index contributed by atoms with van der Waals surface area (Å²) in [6.07, 6.45) is -2.13. The topological polar surface area (TPSA) is 90.7 Å². The minimum Gasteiger partial charge on any atom is -0.303 e. The van der Waals surface area contributed by atoms with Crippen LogP contribution in [0.1, 0.15) is 36.0 Å². The maximum Gasteiger partial charge on any atom is 0.417 e. The van der Waals surface area contributed by atoms with E-state index in [2.05, 4.69) is 0 Å². The second-order valence-electron chi connectivity index (χ2n) is 8.12. The monoisotopic (exact) mass is 509 g/mol. The molecule has 4 rings (SSSR count). The lowest BCUT2D eigenvalue weighted by molar-refractivity contribution is -0.137. The van der Waals surface area contributed by atoms with Crippen LogP contribution in [0.5, 0.6) is 0 Å². The van der Waals surface area contributed by atoms with Gasteiger partial charge in [-0.1, -0.05) is 12.1 Å². The van der Waals surface area contributed by atoms with Crippen molar-refractivity contribution < 1.29 is 30.6 Å². The number of nitrogens with zero attached hydrogens (tertiary/aromatic N) is 3. The van der Waals surface area contributed by atoms with E-state index < -0.39 is 38.9 Å². The van der Waals surface area contributed by atoms with Crippen LogP contribution in [0.4, 0.5) is 24.5 Å². The third-order valence-electron chi connectivity index (χ3n) is 5.91. The fraction of sp³-hybridized carbons (Fsp3) is 0.318. The summed E-state index contributed by atoms with van der Waals surface area (Å²) in [5.74, 6) is -0.425. The highest BCUT2D eigenvalue weighted by Gasteiger charge is 2.59. The van der Waals surface area contributed by atoms with E-state index in [1.807, 2.05) is 0 Å². The first-order valence-electron chi connectivity index (χ1n) is 10.1. The van der Waals surface area contributed by atoms with Gasteiger partial charge in [0, 0.05) is 5.69 Å². The first-order valence-corrected chi connectivity index (χ1v) is 12.3. The van der Waals surface area contributed by atoms with Gasteiger partial charge in [-0.15, -0.1) is 0 Å². The van der Waals surface area contributed by atoms with Crippen LogP contribution in [0.2, 0.25) is 0 Å². The van der Waals surface area contributed by atoms with Crippen molar-refractivity contribution in [3.05, 3.63) is 59.2 Å². The van der Waals surface area contributed by atoms with Crippen LogP contribution in [-0.4, -0.2) is 31.2 Å². The summed E-state index contributed by atoms with van der Waals surface area (Å²) in [6.45, 7) is -0.161. The number of halogens is 3. The van der Waals surface area contributed by atoms with Crippen LogP contribution in [0.15, 0.2) is 42.5 Å². The Hall–Kier alpha value is -3.01. The third kappa shape index (κ3) is 4.15. The van der Waals surface area contributed by atoms with Crippen molar-refractivity contribution in [1.82, 2.24) is 0 Å². The molecule has 0 aromatic heterocycles. The zero-order chi connectivity index (χ0) is 24.9. The first kappa shape index (κ1) is 24.1. The van der Waals surface area contributed by atoms with E-state index in [-0.39, 0.29) is 17.4 Å². The highest BCUT2D eigenvalue weighted by Crippen LogP contribution is 2.48. The van der Waals surface area contributed by atoms with Crippen molar-refractivity contribution in [3.63, 3.8) is 0 Å². The van der Waals surface area contributed by atoms with E-state index in [1.54, 1.807) is 29.2 Å². The van der Waals surface area contributed by atoms with Gasteiger partial charge in [0.2, 0.25) is 0 Å². The number of nitriles is 1. The van der Waals surface area contributed by atoms with Gasteiger partial charge in [-0.05, 0) is 67.4 Å². The van der Waals surface area contributed by atoms with Gasteiger partial charge in [-0.3, -0.25) is 13.9 Å². The van der Waals surface area contributed by atoms with Crippen LogP contribution in [0, 0.1) is 11.3 Å². The van der Waals surface area contributed by atoms with E-state index >= 15 is 0 Å². The molecule has 0 N–H and O–H groups in total. The number of alkyl halides is 3. The highest BCUT2D eigenvalue weighted by atomic mass is 32.2. The van der Waals surface area contributed by atoms with Crippen LogP contribution in [0.25, 0.3) is 0 Å². The lowest BCUT2D eigenvalue weighted by atomic mass is 9.75. The van der Waals surface area contributed by atoms with Crippen LogP contribution < -0.4 is 9.80 Å². The summed E-state index contributed by atoms with van der Waals surface area (Å²) < 4.78 is 67.7. The Morgan fingerprint density at radius 3 is 2.26 bits per heavy atom. The lowest BCUT2D eigenvalue weighted by Crippen LogP contribution is -2.55. The molecule has 2 aliphatic rings. The van der Waals surface area contributed by atoms with Gasteiger partial charge >= 0.3 is 6.18 Å². The molecule has 178 valence electrons. The number of carbonyl (C=O) groups excluding carboxylic acids is 1. The van der Waals surface area contributed by atoms with E-state index in [1.165, 1.54) is 12.1 Å². The Kier molecular flexibility index (Phi) is 5.91. The molecular weight excluding hydrogens is 491 g/mol. The molecule has 7 nitrogen and oxygen atoms in total. The van der Waals surface area contributed by atoms with Crippen molar-refractivity contribution in [1.29, 1.82) is 5.26 Å². The maximum atomic E-state index is 13.5. The van der Waals surface area contributed by atoms with Gasteiger partial charge in [-0.2, -0.15) is 26.9 Å². The quantitative estimate of drug-likeness (QED) is 0.443. The predicted octanol–water partition coefficient (Wildman–Crippen LogP) is 4.11. The van der Waals surface area contributed by atoms with Crippen LogP contribution in [0.3, 0.4) is 0 Å². The number of hydrogen-bond donors (Lipinski definition) is 0. The molecule has 0 atom stereocenters. The van der Waals surface area contributed by atoms with Crippen molar-refractivity contribution in [2.45, 2.75) is 37.6 Å². The summed E-state index contributed by atoms with van der Waals surface area (Å²) in [5, 5.41) is 9.09. The number of thiocarbonyl (C=S) groups is 1. The van der Waals surface area contributed by atoms with Gasteiger partial charge < -0.3 is 4.90 Å². The molecule has 1 saturated heterocycles. The van der Waals surface area contributed by atoms with Gasteiger partial charge in [0.15, 0.2) is 5.11 Å². The fourth-order valence-electron chi connectivity index (χ4n) is 4.13. The van der Waals surface area contributed by atoms with Gasteiger partial charge in [0.25, 0.3) is 16.0 Å². The standard InChI is InChI=1S/C22H18F3N3O4S2/c1-34(30,31)32-13-14-3-6-16(7-4-14)28-20(33)27(19(29)21(28)9-2-10-21)17-8-5-15(12-26)18(11-17)22(23,24)25/h3-8,11H,2,9-10,13H2,1H3. The summed E-state index contributed by atoms with van der Waals surface area (Å²) in [4.78, 5) is 16.2. The summed E-state index contributed by atoms with van der Waals surface area (Å²) in [5.41, 5.74) is -1.63. The first-order chi connectivity index (χ1) is 15.9. The van der Waals surface area contributed by atoms with E-state index in [0.29, 0.717) is 24.1 Å². The molecule has 2 aromatic carbocycles. The Labute approximate surface area is 199 Å². The maximum absolute atomic E-state index is 13.5. The molecule has 0 unspecified atom stereocenters. The SMILES string of the molecule is CS(=O)(=O)OCc1ccc(N2C(=S)N(c3ccc(C#N)c(C(F)(F)F)c3)C(=O)C23CCC3)cc1. The number of amides is 1. The summed E-state index contributed by atoms with van der Waals surface area (Å²) in [7, 11) is -3.62. The number of rotatable bonds is 5. The van der Waals surface area contributed by atoms with Crippen molar-refractivity contribution in [2.24, 2.45) is 0 Å². The Morgan fingerprint density at radius 1 is 1.15 bits per heavy atom. The summed E-state index contributed by atoms with van der Waals surface area (Å²) >= 11 is 5.56. The second-order valence-corrected chi connectivity index (χ2v) is 10.1. The molecule has 2 aromatic rings. The molecule has 1 saturated carbocycles. The lowest BCUT2D eigenvalue weighted by Gasteiger charge is -2.43. The van der Waals surface area contributed by atoms with Crippen LogP contribution in [-0.2, 0) is 31.9 Å². The van der Waals surface area contributed by atoms with Crippen molar-refractivity contribution >= 4 is 44.7 Å². The van der Waals surface area contributed by atoms with Crippen LogP contribution >= 0.6 is 12.2 Å². The Balaban J connectivity index is 1.70. The molecule has 0 bridgehead atoms. The highest BCUT2D eigenvalue weighted by molar-refractivity contribution is 7.85. The molecule has 1 amide bonds.